The van der Waals surface area contributed by atoms with Crippen LogP contribution in [0.2, 0.25) is 0 Å². The van der Waals surface area contributed by atoms with Crippen LogP contribution in [0.1, 0.15) is 80.1 Å². The molecule has 0 unspecified atom stereocenters. The molecule has 41 heavy (non-hydrogen) atoms. The van der Waals surface area contributed by atoms with Crippen molar-refractivity contribution in [3.63, 3.8) is 0 Å². The number of halogens is 2. The Balaban J connectivity index is 0.000000173. The van der Waals surface area contributed by atoms with Crippen LogP contribution in [0, 0.1) is 109 Å². The van der Waals surface area contributed by atoms with Crippen LogP contribution in [-0.2, 0) is 15.1 Å². The van der Waals surface area contributed by atoms with Gasteiger partial charge in [0.25, 0.3) is 0 Å². The van der Waals surface area contributed by atoms with Gasteiger partial charge in [-0.1, -0.05) is 103 Å². The van der Waals surface area contributed by atoms with E-state index in [1.807, 2.05) is 0 Å². The van der Waals surface area contributed by atoms with Crippen molar-refractivity contribution >= 4 is 19.4 Å². The normalized spacial score (nSPS) is 34.7. The predicted octanol–water partition coefficient (Wildman–Crippen LogP) is 11.3. The molecule has 6 aliphatic carbocycles. The van der Waals surface area contributed by atoms with Crippen molar-refractivity contribution in [2.24, 2.45) is 47.3 Å². The van der Waals surface area contributed by atoms with E-state index in [9.17, 15) is 0 Å². The molecular weight excluding hydrogens is 593 g/mol. The maximum atomic E-state index is 4.95. The summed E-state index contributed by atoms with van der Waals surface area (Å²) in [6, 6.07) is 0. The minimum atomic E-state index is -0.931. The number of fused-ring (bicyclic) bond motifs is 2. The molecule has 6 rings (SSSR count). The molecule has 0 aromatic rings. The fourth-order valence-corrected chi connectivity index (χ4v) is 8.12. The third-order valence-electron chi connectivity index (χ3n) is 10.3. The molecule has 0 aliphatic heterocycles. The van der Waals surface area contributed by atoms with Gasteiger partial charge in [-0.05, 0) is 111 Å². The molecule has 218 valence electrons. The van der Waals surface area contributed by atoms with E-state index in [1.54, 1.807) is 11.8 Å². The first-order valence-corrected chi connectivity index (χ1v) is 23.9. The van der Waals surface area contributed by atoms with E-state index in [4.69, 9.17) is 19.4 Å². The van der Waals surface area contributed by atoms with Crippen LogP contribution in [0.15, 0.2) is 48.6 Å². The van der Waals surface area contributed by atoms with Gasteiger partial charge in [-0.3, -0.25) is 0 Å². The Hall–Kier alpha value is 0.163. The molecule has 4 fully saturated rings. The second kappa shape index (κ2) is 16.5. The summed E-state index contributed by atoms with van der Waals surface area (Å²) >= 11 is -0.931. The Morgan fingerprint density at radius 3 is 1.32 bits per heavy atom. The van der Waals surface area contributed by atoms with Crippen LogP contribution in [0.3, 0.4) is 0 Å². The summed E-state index contributed by atoms with van der Waals surface area (Å²) < 4.78 is 0. The number of hydrogen-bond acceptors (Lipinski definition) is 0. The molecule has 10 radical (unpaired) electrons. The first-order valence-electron chi connectivity index (χ1n) is 16.2. The molecule has 6 atom stereocenters. The van der Waals surface area contributed by atoms with Gasteiger partial charge in [0.1, 0.15) is 0 Å². The van der Waals surface area contributed by atoms with E-state index in [0.717, 1.165) is 47.3 Å². The zero-order valence-corrected chi connectivity index (χ0v) is 30.7. The summed E-state index contributed by atoms with van der Waals surface area (Å²) in [5.74, 6) is 15.7. The molecule has 4 saturated carbocycles. The summed E-state index contributed by atoms with van der Waals surface area (Å²) in [6.45, 7) is 14.5. The zero-order valence-electron chi connectivity index (χ0n) is 26.3. The average Bonchev–Trinajstić information content (AvgIpc) is 3.58. The first kappa shape index (κ1) is 34.0. The average molecular weight is 643 g/mol. The number of hydrogen-bond donors (Lipinski definition) is 0. The van der Waals surface area contributed by atoms with Crippen LogP contribution >= 0.6 is 19.4 Å². The molecular formula is C38H50Cl2Zn. The van der Waals surface area contributed by atoms with Crippen molar-refractivity contribution in [3.05, 3.63) is 110 Å². The van der Waals surface area contributed by atoms with Gasteiger partial charge in [0, 0.05) is 23.7 Å². The third-order valence-corrected chi connectivity index (χ3v) is 10.3. The summed E-state index contributed by atoms with van der Waals surface area (Å²) in [6.07, 6.45) is 35.5. The van der Waals surface area contributed by atoms with Crippen LogP contribution < -0.4 is 0 Å². The molecule has 0 amide bonds. The minimum absolute atomic E-state index is 0.767. The molecule has 0 aromatic carbocycles. The topological polar surface area (TPSA) is 0 Å². The summed E-state index contributed by atoms with van der Waals surface area (Å²) in [5.41, 5.74) is 0. The number of allylic oxidation sites excluding steroid dienone is 8. The van der Waals surface area contributed by atoms with Crippen LogP contribution in [0.25, 0.3) is 0 Å². The van der Waals surface area contributed by atoms with Gasteiger partial charge in [0.15, 0.2) is 0 Å². The van der Waals surface area contributed by atoms with E-state index in [-0.39, 0.29) is 0 Å². The second-order valence-electron chi connectivity index (χ2n) is 13.7. The van der Waals surface area contributed by atoms with Crippen molar-refractivity contribution in [2.45, 2.75) is 80.1 Å². The molecule has 0 bridgehead atoms. The summed E-state index contributed by atoms with van der Waals surface area (Å²) in [5, 5.41) is 0. The summed E-state index contributed by atoms with van der Waals surface area (Å²) in [7, 11) is 9.90. The first-order chi connectivity index (χ1) is 19.7. The Bertz CT molecular complexity index is 830. The van der Waals surface area contributed by atoms with Crippen molar-refractivity contribution in [3.8, 4) is 0 Å². The van der Waals surface area contributed by atoms with Gasteiger partial charge in [0.2, 0.25) is 0 Å². The van der Waals surface area contributed by atoms with Gasteiger partial charge in [-0.25, -0.2) is 0 Å². The van der Waals surface area contributed by atoms with Crippen LogP contribution in [0.4, 0.5) is 0 Å². The van der Waals surface area contributed by atoms with Crippen molar-refractivity contribution in [1.29, 1.82) is 0 Å². The monoisotopic (exact) mass is 640 g/mol. The molecule has 0 N–H and O–H groups in total. The molecule has 0 heterocycles. The Morgan fingerprint density at radius 2 is 0.951 bits per heavy atom. The van der Waals surface area contributed by atoms with Gasteiger partial charge in [-0.2, -0.15) is 0 Å². The van der Waals surface area contributed by atoms with Gasteiger partial charge in [-0.15, -0.1) is 0 Å². The Kier molecular flexibility index (Phi) is 13.7. The van der Waals surface area contributed by atoms with E-state index >= 15 is 0 Å². The van der Waals surface area contributed by atoms with E-state index < -0.39 is 15.1 Å². The van der Waals surface area contributed by atoms with Crippen LogP contribution in [0.5, 0.6) is 0 Å². The Morgan fingerprint density at radius 1 is 0.585 bits per heavy atom. The molecule has 3 heteroatoms. The number of rotatable bonds is 4. The van der Waals surface area contributed by atoms with E-state index in [1.165, 1.54) is 62.2 Å². The zero-order chi connectivity index (χ0) is 29.5. The fraction of sp³-hybridized carbons (Fsp3) is 0.526. The van der Waals surface area contributed by atoms with Gasteiger partial charge >= 0.3 is 34.5 Å². The quantitative estimate of drug-likeness (QED) is 0.268. The SMILES string of the molecule is CC(C)[C@H]1CC[C@H](C)C[C@H]1[C]1[CH][CH][C]2C=CC=C[C]21.CC(C)[C@H]1CC[C@H](C)C[C@H]1[C]1[CH][CH][C]2C=CC=C[C]21.[Cl][Zn][Cl]. The fourth-order valence-electron chi connectivity index (χ4n) is 8.12. The molecule has 0 aromatic heterocycles. The van der Waals surface area contributed by atoms with Crippen molar-refractivity contribution in [1.82, 2.24) is 0 Å². The summed E-state index contributed by atoms with van der Waals surface area (Å²) in [4.78, 5) is 0. The third kappa shape index (κ3) is 8.66. The molecule has 0 spiro atoms. The van der Waals surface area contributed by atoms with Gasteiger partial charge in [0.05, 0.1) is 0 Å². The van der Waals surface area contributed by atoms with Crippen LogP contribution in [-0.4, -0.2) is 0 Å². The van der Waals surface area contributed by atoms with Gasteiger partial charge < -0.3 is 0 Å². The standard InChI is InChI=1S/2C19H25.2ClH.Zn/c2*1-13(2)16-10-8-14(3)12-19(16)18-11-9-15-6-4-5-7-17(15)18;;;/h2*4-7,9,11,13-14,16,19H,8,10,12H2,1-3H3;2*1H;/q;;;;+2/p-2/t2*14-,16+,19+;;;/m00.../s1. The predicted molar refractivity (Wildman–Crippen MR) is 175 cm³/mol. The molecule has 6 aliphatic rings. The maximum absolute atomic E-state index is 4.95. The molecule has 0 saturated heterocycles. The van der Waals surface area contributed by atoms with Crippen molar-refractivity contribution in [2.75, 3.05) is 0 Å². The van der Waals surface area contributed by atoms with E-state index in [2.05, 4.69) is 116 Å². The Labute approximate surface area is 270 Å². The van der Waals surface area contributed by atoms with E-state index in [0.29, 0.717) is 0 Å². The molecule has 0 nitrogen and oxygen atoms in total. The van der Waals surface area contributed by atoms with Crippen molar-refractivity contribution < 1.29 is 15.1 Å². The second-order valence-corrected chi connectivity index (χ2v) is 18.3.